The van der Waals surface area contributed by atoms with Gasteiger partial charge in [-0.25, -0.2) is 9.59 Å². The van der Waals surface area contributed by atoms with Crippen molar-refractivity contribution in [1.29, 1.82) is 0 Å². The van der Waals surface area contributed by atoms with Gasteiger partial charge in [0.1, 0.15) is 0 Å². The highest BCUT2D eigenvalue weighted by molar-refractivity contribution is 7.49. The van der Waals surface area contributed by atoms with Crippen LogP contribution >= 0.6 is 7.80 Å². The molecule has 14 heavy (non-hydrogen) atoms. The Kier molecular flexibility index (Phi) is 4.67. The van der Waals surface area contributed by atoms with E-state index in [0.717, 1.165) is 0 Å². The van der Waals surface area contributed by atoms with Crippen LogP contribution in [0, 0.1) is 0 Å². The summed E-state index contributed by atoms with van der Waals surface area (Å²) in [5, 5.41) is 23.7. The minimum absolute atomic E-state index is 0.271. The van der Waals surface area contributed by atoms with Crippen LogP contribution in [0.25, 0.3) is 0 Å². The predicted molar refractivity (Wildman–Crippen MR) is 47.9 cm³/mol. The first-order valence-corrected chi connectivity index (χ1v) is 5.40. The number of carboxylic acid groups (broad SMARTS) is 2. The highest BCUT2D eigenvalue weighted by Crippen LogP contribution is 2.42. The first-order chi connectivity index (χ1) is 6.43. The molecule has 1 unspecified atom stereocenters. The zero-order valence-electron chi connectivity index (χ0n) is 7.63. The Balaban J connectivity index is 5.14. The van der Waals surface area contributed by atoms with Gasteiger partial charge in [0, 0.05) is 6.42 Å². The van der Waals surface area contributed by atoms with E-state index < -0.39 is 31.5 Å². The van der Waals surface area contributed by atoms with Crippen molar-refractivity contribution >= 4 is 19.7 Å². The smallest absolute Gasteiger partial charge is 0.371 e. The van der Waals surface area contributed by atoms with Crippen molar-refractivity contribution in [2.24, 2.45) is 0 Å². The van der Waals surface area contributed by atoms with Gasteiger partial charge in [-0.3, -0.25) is 0 Å². The molecule has 0 aliphatic carbocycles. The normalized spacial score (nSPS) is 12.3. The Hall–Kier alpha value is -1.00. The molecule has 3 N–H and O–H groups in total. The molecule has 0 aromatic heterocycles. The fraction of sp³-hybridized carbons (Fsp3) is 0.714. The van der Waals surface area contributed by atoms with Gasteiger partial charge in [-0.1, -0.05) is 11.5 Å². The van der Waals surface area contributed by atoms with E-state index in [1.807, 2.05) is 0 Å². The molecule has 0 aromatic rings. The zero-order chi connectivity index (χ0) is 11.4. The third kappa shape index (κ3) is 2.08. The average molecular weight is 223 g/mol. The topological polar surface area (TPSA) is 112 Å². The molecule has 6 nitrogen and oxygen atoms in total. The second-order valence-electron chi connectivity index (χ2n) is 2.65. The molecule has 0 bridgehead atoms. The van der Waals surface area contributed by atoms with Crippen LogP contribution in [0.1, 0.15) is 13.3 Å². The predicted octanol–water partition coefficient (Wildman–Crippen LogP) is 0.124. The summed E-state index contributed by atoms with van der Waals surface area (Å²) in [6.07, 6.45) is -0.589. The van der Waals surface area contributed by atoms with Gasteiger partial charge in [0.15, 0.2) is 6.16 Å². The summed E-state index contributed by atoms with van der Waals surface area (Å²) in [6.45, 7) is 0.852. The monoisotopic (exact) mass is 223 g/mol. The van der Waals surface area contributed by atoms with Crippen LogP contribution in [0.15, 0.2) is 0 Å². The first-order valence-electron chi connectivity index (χ1n) is 3.95. The third-order valence-electron chi connectivity index (χ3n) is 1.95. The summed E-state index contributed by atoms with van der Waals surface area (Å²) in [5.41, 5.74) is 0. The van der Waals surface area contributed by atoms with Gasteiger partial charge in [-0.15, -0.1) is 0 Å². The van der Waals surface area contributed by atoms with Crippen molar-refractivity contribution in [1.82, 2.24) is 0 Å². The molecule has 0 aliphatic heterocycles. The van der Waals surface area contributed by atoms with E-state index in [0.29, 0.717) is 0 Å². The Labute approximate surface area is 81.3 Å². The summed E-state index contributed by atoms with van der Waals surface area (Å²) >= 11 is 0. The van der Waals surface area contributed by atoms with Gasteiger partial charge in [0.05, 0.1) is 6.61 Å². The molecule has 0 rings (SSSR count). The molecule has 0 aromatic carbocycles. The number of hydrogen-bond acceptors (Lipinski definition) is 4. The van der Waals surface area contributed by atoms with Crippen LogP contribution in [0.5, 0.6) is 0 Å². The number of aliphatic hydroxyl groups excluding tert-OH is 1. The second-order valence-corrected chi connectivity index (χ2v) is 4.62. The van der Waals surface area contributed by atoms with Crippen LogP contribution in [-0.4, -0.2) is 45.2 Å². The van der Waals surface area contributed by atoms with Crippen molar-refractivity contribution in [2.75, 3.05) is 12.8 Å². The maximum Gasteiger partial charge on any atom is 0.371 e. The number of aliphatic carboxylic acids is 2. The maximum atomic E-state index is 11.4. The molecule has 0 heterocycles. The van der Waals surface area contributed by atoms with Crippen molar-refractivity contribution in [3.05, 3.63) is 0 Å². The molecule has 0 fully saturated rings. The van der Waals surface area contributed by atoms with Gasteiger partial charge >= 0.3 is 24.9 Å². The summed E-state index contributed by atoms with van der Waals surface area (Å²) in [6, 6.07) is 0. The zero-order valence-corrected chi connectivity index (χ0v) is 8.53. The highest BCUT2D eigenvalue weighted by atomic mass is 31.1. The van der Waals surface area contributed by atoms with Crippen molar-refractivity contribution < 1.29 is 29.5 Å². The molecule has 0 amide bonds. The average Bonchev–Trinajstić information content (AvgIpc) is 2.05. The molecule has 0 aliphatic rings. The van der Waals surface area contributed by atoms with Crippen LogP contribution in [0.4, 0.5) is 0 Å². The van der Waals surface area contributed by atoms with Gasteiger partial charge in [-0.2, -0.15) is 0 Å². The molecule has 0 radical (unpaired) electrons. The fourth-order valence-corrected chi connectivity index (χ4v) is 2.41. The van der Waals surface area contributed by atoms with Crippen LogP contribution in [-0.2, 0) is 14.2 Å². The highest BCUT2D eigenvalue weighted by Gasteiger charge is 2.61. The minimum Gasteiger partial charge on any atom is -0.477 e. The number of hydrogen-bond donors (Lipinski definition) is 3. The van der Waals surface area contributed by atoms with Crippen molar-refractivity contribution in [2.45, 2.75) is 18.5 Å². The fourth-order valence-electron chi connectivity index (χ4n) is 1.07. The number of carboxylic acids is 2. The van der Waals surface area contributed by atoms with Gasteiger partial charge in [-0.05, 0) is 0 Å². The molecule has 7 heteroatoms. The maximum absolute atomic E-state index is 11.4. The number of rotatable bonds is 6. The standard InChI is InChI=1S/C7H11O6P/c1-2-7(5(9)10,6(11)12)14(13)4-3-8/h8H,2-4H2,1H3,(H-,9,10,11,12)/p+1. The van der Waals surface area contributed by atoms with Crippen molar-refractivity contribution in [3.8, 4) is 0 Å². The van der Waals surface area contributed by atoms with Gasteiger partial charge in [0.25, 0.3) is 0 Å². The SMILES string of the molecule is CCC(C(=O)O)(C(=O)O)[P+](=O)CCO. The third-order valence-corrected chi connectivity index (χ3v) is 4.10. The molecule has 1 atom stereocenters. The molecule has 0 saturated heterocycles. The second kappa shape index (κ2) is 5.02. The van der Waals surface area contributed by atoms with E-state index in [9.17, 15) is 14.2 Å². The lowest BCUT2D eigenvalue weighted by molar-refractivity contribution is -0.152. The Bertz CT molecular complexity index is 247. The Morgan fingerprint density at radius 2 is 1.71 bits per heavy atom. The number of carbonyl (C=O) groups is 2. The Morgan fingerprint density at radius 3 is 1.93 bits per heavy atom. The molecule has 0 spiro atoms. The summed E-state index contributed by atoms with van der Waals surface area (Å²) in [7, 11) is -2.51. The Morgan fingerprint density at radius 1 is 1.29 bits per heavy atom. The minimum atomic E-state index is -2.51. The summed E-state index contributed by atoms with van der Waals surface area (Å²) in [4.78, 5) is 21.5. The molecule has 80 valence electrons. The largest absolute Gasteiger partial charge is 0.477 e. The van der Waals surface area contributed by atoms with Gasteiger partial charge < -0.3 is 15.3 Å². The van der Waals surface area contributed by atoms with E-state index in [1.54, 1.807) is 0 Å². The van der Waals surface area contributed by atoms with E-state index >= 15 is 0 Å². The van der Waals surface area contributed by atoms with Crippen LogP contribution in [0.3, 0.4) is 0 Å². The summed E-state index contributed by atoms with van der Waals surface area (Å²) in [5.74, 6) is -3.25. The lowest BCUT2D eigenvalue weighted by Crippen LogP contribution is -2.43. The van der Waals surface area contributed by atoms with Crippen molar-refractivity contribution in [3.63, 3.8) is 0 Å². The van der Waals surface area contributed by atoms with Gasteiger partial charge in [0.2, 0.25) is 0 Å². The van der Waals surface area contributed by atoms with E-state index in [1.165, 1.54) is 6.92 Å². The molecule has 0 saturated carbocycles. The summed E-state index contributed by atoms with van der Waals surface area (Å²) < 4.78 is 11.4. The lowest BCUT2D eigenvalue weighted by atomic mass is 10.1. The van der Waals surface area contributed by atoms with E-state index in [2.05, 4.69) is 0 Å². The van der Waals surface area contributed by atoms with Crippen LogP contribution < -0.4 is 0 Å². The van der Waals surface area contributed by atoms with E-state index in [-0.39, 0.29) is 12.6 Å². The molecular formula is C7H12O6P+. The lowest BCUT2D eigenvalue weighted by Gasteiger charge is -2.11. The molecular weight excluding hydrogens is 211 g/mol. The number of aliphatic hydroxyl groups is 1. The first kappa shape index (κ1) is 13.0. The van der Waals surface area contributed by atoms with E-state index in [4.69, 9.17) is 15.3 Å². The van der Waals surface area contributed by atoms with Crippen LogP contribution in [0.2, 0.25) is 0 Å². The quantitative estimate of drug-likeness (QED) is 0.435.